The third-order valence-corrected chi connectivity index (χ3v) is 8.42. The topological polar surface area (TPSA) is 75.9 Å². The fourth-order valence-corrected chi connectivity index (χ4v) is 6.43. The maximum atomic E-state index is 13.4. The van der Waals surface area contributed by atoms with Crippen molar-refractivity contribution in [2.75, 3.05) is 32.8 Å². The SMILES string of the molecule is CCOc1ccc(-c2nc(CN3CCN(S(=O)(=O)c4c(C)cc(C)cc4C)CC3)c(C)o2)cc1. The molecule has 3 aromatic rings. The molecule has 0 amide bonds. The molecule has 0 atom stereocenters. The zero-order chi connectivity index (χ0) is 24.5. The molecule has 1 saturated heterocycles. The van der Waals surface area contributed by atoms with Crippen LogP contribution in [-0.2, 0) is 16.6 Å². The van der Waals surface area contributed by atoms with E-state index in [0.717, 1.165) is 39.5 Å². The van der Waals surface area contributed by atoms with Gasteiger partial charge in [-0.05, 0) is 70.0 Å². The third-order valence-electron chi connectivity index (χ3n) is 6.21. The molecule has 1 aliphatic heterocycles. The van der Waals surface area contributed by atoms with Crippen LogP contribution in [0.5, 0.6) is 5.75 Å². The quantitative estimate of drug-likeness (QED) is 0.493. The number of hydrogen-bond donors (Lipinski definition) is 0. The molecule has 2 aromatic carbocycles. The van der Waals surface area contributed by atoms with E-state index < -0.39 is 10.0 Å². The van der Waals surface area contributed by atoms with Crippen molar-refractivity contribution in [2.24, 2.45) is 0 Å². The monoisotopic (exact) mass is 483 g/mol. The number of ether oxygens (including phenoxy) is 1. The van der Waals surface area contributed by atoms with E-state index in [9.17, 15) is 8.42 Å². The molecule has 0 radical (unpaired) electrons. The summed E-state index contributed by atoms with van der Waals surface area (Å²) in [4.78, 5) is 7.39. The van der Waals surface area contributed by atoms with Crippen molar-refractivity contribution in [3.8, 4) is 17.2 Å². The highest BCUT2D eigenvalue weighted by atomic mass is 32.2. The van der Waals surface area contributed by atoms with Gasteiger partial charge >= 0.3 is 0 Å². The second-order valence-corrected chi connectivity index (χ2v) is 10.8. The summed E-state index contributed by atoms with van der Waals surface area (Å²) in [6, 6.07) is 11.6. The molecule has 0 spiro atoms. The van der Waals surface area contributed by atoms with Crippen LogP contribution in [0.3, 0.4) is 0 Å². The van der Waals surface area contributed by atoms with Crippen LogP contribution in [-0.4, -0.2) is 55.4 Å². The number of oxazole rings is 1. The van der Waals surface area contributed by atoms with Crippen LogP contribution in [0.15, 0.2) is 45.7 Å². The molecular formula is C26H33N3O4S. The van der Waals surface area contributed by atoms with Crippen LogP contribution in [0.25, 0.3) is 11.5 Å². The Kier molecular flexibility index (Phi) is 7.12. The second kappa shape index (κ2) is 9.90. The van der Waals surface area contributed by atoms with Crippen molar-refractivity contribution in [2.45, 2.75) is 46.1 Å². The van der Waals surface area contributed by atoms with E-state index in [2.05, 4.69) is 4.90 Å². The average Bonchev–Trinajstić information content (AvgIpc) is 3.14. The zero-order valence-corrected chi connectivity index (χ0v) is 21.4. The molecule has 182 valence electrons. The third kappa shape index (κ3) is 5.04. The number of hydrogen-bond acceptors (Lipinski definition) is 6. The van der Waals surface area contributed by atoms with Gasteiger partial charge in [0.25, 0.3) is 0 Å². The van der Waals surface area contributed by atoms with E-state index in [1.165, 1.54) is 0 Å². The van der Waals surface area contributed by atoms with Gasteiger partial charge in [-0.15, -0.1) is 0 Å². The minimum absolute atomic E-state index is 0.443. The van der Waals surface area contributed by atoms with E-state index in [1.807, 2.05) is 71.0 Å². The van der Waals surface area contributed by atoms with Crippen molar-refractivity contribution >= 4 is 10.0 Å². The molecule has 2 heterocycles. The molecule has 8 heteroatoms. The van der Waals surface area contributed by atoms with Gasteiger partial charge < -0.3 is 9.15 Å². The van der Waals surface area contributed by atoms with Crippen LogP contribution in [0.4, 0.5) is 0 Å². The smallest absolute Gasteiger partial charge is 0.243 e. The Balaban J connectivity index is 1.42. The Morgan fingerprint density at radius 3 is 2.18 bits per heavy atom. The molecule has 1 aliphatic rings. The van der Waals surface area contributed by atoms with Gasteiger partial charge in [-0.1, -0.05) is 17.7 Å². The number of sulfonamides is 1. The Morgan fingerprint density at radius 2 is 1.59 bits per heavy atom. The van der Waals surface area contributed by atoms with E-state index in [0.29, 0.717) is 50.1 Å². The Labute approximate surface area is 202 Å². The van der Waals surface area contributed by atoms with Crippen molar-refractivity contribution in [3.63, 3.8) is 0 Å². The molecule has 0 unspecified atom stereocenters. The summed E-state index contributed by atoms with van der Waals surface area (Å²) in [5, 5.41) is 0. The summed E-state index contributed by atoms with van der Waals surface area (Å²) in [5.41, 5.74) is 4.47. The van der Waals surface area contributed by atoms with Gasteiger partial charge in [0.15, 0.2) is 0 Å². The molecule has 1 aromatic heterocycles. The van der Waals surface area contributed by atoms with Gasteiger partial charge in [-0.3, -0.25) is 4.90 Å². The molecule has 4 rings (SSSR count). The molecule has 1 fully saturated rings. The summed E-state index contributed by atoms with van der Waals surface area (Å²) in [6.07, 6.45) is 0. The van der Waals surface area contributed by atoms with E-state index >= 15 is 0 Å². The molecule has 0 aliphatic carbocycles. The van der Waals surface area contributed by atoms with Crippen LogP contribution in [0.2, 0.25) is 0 Å². The lowest BCUT2D eigenvalue weighted by Gasteiger charge is -2.34. The van der Waals surface area contributed by atoms with Gasteiger partial charge in [-0.25, -0.2) is 13.4 Å². The Bertz CT molecular complexity index is 1230. The first-order valence-corrected chi connectivity index (χ1v) is 13.1. The van der Waals surface area contributed by atoms with E-state index in [-0.39, 0.29) is 0 Å². The lowest BCUT2D eigenvalue weighted by molar-refractivity contribution is 0.179. The fraction of sp³-hybridized carbons (Fsp3) is 0.423. The average molecular weight is 484 g/mol. The molecule has 7 nitrogen and oxygen atoms in total. The Morgan fingerprint density at radius 1 is 0.971 bits per heavy atom. The highest BCUT2D eigenvalue weighted by molar-refractivity contribution is 7.89. The molecule has 0 N–H and O–H groups in total. The number of aromatic nitrogens is 1. The normalized spacial score (nSPS) is 15.6. The first kappa shape index (κ1) is 24.4. The van der Waals surface area contributed by atoms with Crippen molar-refractivity contribution in [3.05, 3.63) is 64.5 Å². The van der Waals surface area contributed by atoms with Gasteiger partial charge in [-0.2, -0.15) is 4.31 Å². The number of piperazine rings is 1. The largest absolute Gasteiger partial charge is 0.494 e. The van der Waals surface area contributed by atoms with Gasteiger partial charge in [0.1, 0.15) is 11.5 Å². The van der Waals surface area contributed by atoms with Crippen LogP contribution in [0, 0.1) is 27.7 Å². The van der Waals surface area contributed by atoms with Gasteiger partial charge in [0, 0.05) is 38.3 Å². The molecule has 34 heavy (non-hydrogen) atoms. The highest BCUT2D eigenvalue weighted by Crippen LogP contribution is 2.28. The van der Waals surface area contributed by atoms with Crippen LogP contribution >= 0.6 is 0 Å². The standard InChI is InChI=1S/C26H33N3O4S/c1-6-32-23-9-7-22(8-10-23)26-27-24(21(5)33-26)17-28-11-13-29(14-12-28)34(30,31)25-19(3)15-18(2)16-20(25)4/h7-10,15-16H,6,11-14,17H2,1-5H3. The minimum atomic E-state index is -3.52. The maximum absolute atomic E-state index is 13.4. The number of rotatable bonds is 7. The molecular weight excluding hydrogens is 450 g/mol. The highest BCUT2D eigenvalue weighted by Gasteiger charge is 2.31. The fourth-order valence-electron chi connectivity index (χ4n) is 4.60. The second-order valence-electron chi connectivity index (χ2n) is 8.89. The van der Waals surface area contributed by atoms with Crippen molar-refractivity contribution in [1.82, 2.24) is 14.2 Å². The summed E-state index contributed by atoms with van der Waals surface area (Å²) < 4.78 is 39.7. The summed E-state index contributed by atoms with van der Waals surface area (Å²) in [7, 11) is -3.52. The number of aryl methyl sites for hydroxylation is 4. The molecule has 0 bridgehead atoms. The minimum Gasteiger partial charge on any atom is -0.494 e. The lowest BCUT2D eigenvalue weighted by Crippen LogP contribution is -2.48. The zero-order valence-electron chi connectivity index (χ0n) is 20.6. The summed E-state index contributed by atoms with van der Waals surface area (Å²) >= 11 is 0. The predicted octanol–water partition coefficient (Wildman–Crippen LogP) is 4.48. The molecule has 0 saturated carbocycles. The van der Waals surface area contributed by atoms with E-state index in [4.69, 9.17) is 14.1 Å². The van der Waals surface area contributed by atoms with E-state index in [1.54, 1.807) is 4.31 Å². The van der Waals surface area contributed by atoms with Crippen molar-refractivity contribution in [1.29, 1.82) is 0 Å². The van der Waals surface area contributed by atoms with Crippen LogP contribution in [0.1, 0.15) is 35.1 Å². The van der Waals surface area contributed by atoms with Crippen LogP contribution < -0.4 is 4.74 Å². The Hall–Kier alpha value is -2.68. The lowest BCUT2D eigenvalue weighted by atomic mass is 10.1. The van der Waals surface area contributed by atoms with Gasteiger partial charge in [0.05, 0.1) is 17.2 Å². The predicted molar refractivity (Wildman–Crippen MR) is 133 cm³/mol. The maximum Gasteiger partial charge on any atom is 0.243 e. The first-order chi connectivity index (χ1) is 16.2. The first-order valence-electron chi connectivity index (χ1n) is 11.7. The van der Waals surface area contributed by atoms with Gasteiger partial charge in [0.2, 0.25) is 15.9 Å². The number of benzene rings is 2. The summed E-state index contributed by atoms with van der Waals surface area (Å²) in [5.74, 6) is 2.19. The summed E-state index contributed by atoms with van der Waals surface area (Å²) in [6.45, 7) is 13.1. The van der Waals surface area contributed by atoms with Crippen molar-refractivity contribution < 1.29 is 17.6 Å². The number of nitrogens with zero attached hydrogens (tertiary/aromatic N) is 3.